The van der Waals surface area contributed by atoms with Crippen molar-refractivity contribution in [3.63, 3.8) is 0 Å². The quantitative estimate of drug-likeness (QED) is 0.648. The molecule has 172 valence electrons. The van der Waals surface area contributed by atoms with E-state index < -0.39 is 0 Å². The molecule has 0 saturated carbocycles. The van der Waals surface area contributed by atoms with Crippen LogP contribution in [0.1, 0.15) is 49.7 Å². The van der Waals surface area contributed by atoms with Gasteiger partial charge in [0.25, 0.3) is 0 Å². The first-order valence-corrected chi connectivity index (χ1v) is 12.4. The molecule has 2 atom stereocenters. The highest BCUT2D eigenvalue weighted by Gasteiger charge is 2.25. The summed E-state index contributed by atoms with van der Waals surface area (Å²) >= 11 is 0. The van der Waals surface area contributed by atoms with Gasteiger partial charge in [0.05, 0.1) is 0 Å². The van der Waals surface area contributed by atoms with Crippen LogP contribution in [0.25, 0.3) is 0 Å². The van der Waals surface area contributed by atoms with Gasteiger partial charge in [-0.1, -0.05) is 73.5 Å². The minimum atomic E-state index is -0.0273. The number of carbonyl (C=O) groups excluding carboxylic acids is 1. The molecule has 0 spiro atoms. The molecule has 2 saturated heterocycles. The number of likely N-dealkylation sites (tertiary alicyclic amines) is 2. The summed E-state index contributed by atoms with van der Waals surface area (Å²) in [5.41, 5.74) is 2.69. The van der Waals surface area contributed by atoms with Crippen molar-refractivity contribution >= 4 is 6.03 Å². The molecule has 0 aliphatic carbocycles. The summed E-state index contributed by atoms with van der Waals surface area (Å²) in [6, 6.07) is 22.1. The van der Waals surface area contributed by atoms with Gasteiger partial charge >= 0.3 is 6.03 Å². The van der Waals surface area contributed by atoms with E-state index in [-0.39, 0.29) is 6.03 Å². The Morgan fingerprint density at radius 3 is 1.56 bits per heavy atom. The SMILES string of the molecule is O=C(NCC1CCCCN1Cc1ccccc1)NCC1CCCCN1Cc1ccccc1. The van der Waals surface area contributed by atoms with E-state index in [0.717, 1.165) is 52.1 Å². The largest absolute Gasteiger partial charge is 0.337 e. The van der Waals surface area contributed by atoms with Crippen LogP contribution in [-0.4, -0.2) is 54.1 Å². The summed E-state index contributed by atoms with van der Waals surface area (Å²) in [5, 5.41) is 6.32. The van der Waals surface area contributed by atoms with Gasteiger partial charge in [-0.15, -0.1) is 0 Å². The lowest BCUT2D eigenvalue weighted by Crippen LogP contribution is -2.51. The van der Waals surface area contributed by atoms with Gasteiger partial charge in [0.1, 0.15) is 0 Å². The van der Waals surface area contributed by atoms with E-state index in [2.05, 4.69) is 81.1 Å². The van der Waals surface area contributed by atoms with Crippen LogP contribution >= 0.6 is 0 Å². The summed E-state index contributed by atoms with van der Waals surface area (Å²) in [7, 11) is 0. The van der Waals surface area contributed by atoms with E-state index in [1.54, 1.807) is 0 Å². The minimum absolute atomic E-state index is 0.0273. The zero-order valence-corrected chi connectivity index (χ0v) is 19.2. The maximum atomic E-state index is 12.6. The number of piperidine rings is 2. The van der Waals surface area contributed by atoms with Gasteiger partial charge in [-0.25, -0.2) is 4.79 Å². The Hall–Kier alpha value is -2.37. The van der Waals surface area contributed by atoms with Crippen LogP contribution in [-0.2, 0) is 13.1 Å². The maximum absolute atomic E-state index is 12.6. The highest BCUT2D eigenvalue weighted by Crippen LogP contribution is 2.20. The molecular formula is C27H38N4O. The first-order valence-electron chi connectivity index (χ1n) is 12.4. The molecule has 5 nitrogen and oxygen atoms in total. The van der Waals surface area contributed by atoms with Crippen LogP contribution < -0.4 is 10.6 Å². The first kappa shape index (κ1) is 22.8. The van der Waals surface area contributed by atoms with Crippen molar-refractivity contribution in [3.05, 3.63) is 71.8 Å². The molecule has 2 N–H and O–H groups in total. The van der Waals surface area contributed by atoms with Crippen molar-refractivity contribution in [3.8, 4) is 0 Å². The molecule has 2 unspecified atom stereocenters. The zero-order chi connectivity index (χ0) is 22.0. The van der Waals surface area contributed by atoms with Gasteiger partial charge in [-0.05, 0) is 49.9 Å². The van der Waals surface area contributed by atoms with Crippen molar-refractivity contribution in [2.24, 2.45) is 0 Å². The van der Waals surface area contributed by atoms with Gasteiger partial charge < -0.3 is 10.6 Å². The molecular weight excluding hydrogens is 396 g/mol. The second kappa shape index (κ2) is 12.0. The smallest absolute Gasteiger partial charge is 0.314 e. The Balaban J connectivity index is 1.23. The molecule has 2 aromatic rings. The molecule has 2 aliphatic rings. The van der Waals surface area contributed by atoms with Crippen molar-refractivity contribution in [2.45, 2.75) is 63.7 Å². The summed E-state index contributed by atoms with van der Waals surface area (Å²) in [5.74, 6) is 0. The van der Waals surface area contributed by atoms with Gasteiger partial charge in [0, 0.05) is 38.3 Å². The number of benzene rings is 2. The van der Waals surface area contributed by atoms with Crippen molar-refractivity contribution < 1.29 is 4.79 Å². The summed E-state index contributed by atoms with van der Waals surface area (Å²) < 4.78 is 0. The Morgan fingerprint density at radius 2 is 1.12 bits per heavy atom. The predicted molar refractivity (Wildman–Crippen MR) is 130 cm³/mol. The number of hydrogen-bond acceptors (Lipinski definition) is 3. The van der Waals surface area contributed by atoms with Gasteiger partial charge in [0.15, 0.2) is 0 Å². The standard InChI is InChI=1S/C27H38N4O/c32-27(28-19-25-15-7-9-17-30(25)21-23-11-3-1-4-12-23)29-20-26-16-8-10-18-31(26)22-24-13-5-2-6-14-24/h1-6,11-14,25-26H,7-10,15-22H2,(H2,28,29,32). The third-order valence-corrected chi connectivity index (χ3v) is 6.95. The lowest BCUT2D eigenvalue weighted by atomic mass is 10.0. The lowest BCUT2D eigenvalue weighted by Gasteiger charge is -2.37. The van der Waals surface area contributed by atoms with Crippen molar-refractivity contribution in [2.75, 3.05) is 26.2 Å². The van der Waals surface area contributed by atoms with E-state index in [4.69, 9.17) is 0 Å². The zero-order valence-electron chi connectivity index (χ0n) is 19.2. The molecule has 0 bridgehead atoms. The number of nitrogens with one attached hydrogen (secondary N) is 2. The van der Waals surface area contributed by atoms with Crippen LogP contribution in [0.5, 0.6) is 0 Å². The maximum Gasteiger partial charge on any atom is 0.314 e. The summed E-state index contributed by atoms with van der Waals surface area (Å²) in [4.78, 5) is 17.7. The molecule has 0 aromatic heterocycles. The highest BCUT2D eigenvalue weighted by atomic mass is 16.2. The van der Waals surface area contributed by atoms with Crippen LogP contribution in [0.15, 0.2) is 60.7 Å². The molecule has 2 fully saturated rings. The molecule has 0 radical (unpaired) electrons. The van der Waals surface area contributed by atoms with Gasteiger partial charge in [-0.3, -0.25) is 9.80 Å². The van der Waals surface area contributed by atoms with Crippen molar-refractivity contribution in [1.29, 1.82) is 0 Å². The van der Waals surface area contributed by atoms with Gasteiger partial charge in [0.2, 0.25) is 0 Å². The molecule has 32 heavy (non-hydrogen) atoms. The van der Waals surface area contributed by atoms with Gasteiger partial charge in [-0.2, -0.15) is 0 Å². The van der Waals surface area contributed by atoms with E-state index in [0.29, 0.717) is 12.1 Å². The second-order valence-electron chi connectivity index (χ2n) is 9.30. The highest BCUT2D eigenvalue weighted by molar-refractivity contribution is 5.73. The molecule has 2 aromatic carbocycles. The fourth-order valence-electron chi connectivity index (χ4n) is 5.12. The third kappa shape index (κ3) is 6.81. The number of amides is 2. The normalized spacial score (nSPS) is 22.4. The fourth-order valence-corrected chi connectivity index (χ4v) is 5.12. The number of carbonyl (C=O) groups is 1. The monoisotopic (exact) mass is 434 g/mol. The van der Waals surface area contributed by atoms with Crippen LogP contribution in [0.3, 0.4) is 0 Å². The summed E-state index contributed by atoms with van der Waals surface area (Å²) in [6.45, 7) is 5.59. The number of rotatable bonds is 8. The fraction of sp³-hybridized carbons (Fsp3) is 0.519. The summed E-state index contributed by atoms with van der Waals surface area (Å²) in [6.07, 6.45) is 7.29. The van der Waals surface area contributed by atoms with E-state index in [1.165, 1.54) is 36.8 Å². The Bertz CT molecular complexity index is 745. The van der Waals surface area contributed by atoms with E-state index in [1.807, 2.05) is 0 Å². The van der Waals surface area contributed by atoms with Crippen LogP contribution in [0, 0.1) is 0 Å². The van der Waals surface area contributed by atoms with E-state index in [9.17, 15) is 4.79 Å². The topological polar surface area (TPSA) is 47.6 Å². The van der Waals surface area contributed by atoms with Crippen LogP contribution in [0.4, 0.5) is 4.79 Å². The molecule has 2 aliphatic heterocycles. The third-order valence-electron chi connectivity index (χ3n) is 6.95. The first-order chi connectivity index (χ1) is 15.8. The Labute approximate surface area is 193 Å². The number of hydrogen-bond donors (Lipinski definition) is 2. The molecule has 2 amide bonds. The Kier molecular flexibility index (Phi) is 8.57. The average molecular weight is 435 g/mol. The average Bonchev–Trinajstić information content (AvgIpc) is 2.84. The molecule has 5 heteroatoms. The van der Waals surface area contributed by atoms with Crippen LogP contribution in [0.2, 0.25) is 0 Å². The molecule has 2 heterocycles. The Morgan fingerprint density at radius 1 is 0.688 bits per heavy atom. The lowest BCUT2D eigenvalue weighted by molar-refractivity contribution is 0.133. The molecule has 4 rings (SSSR count). The number of urea groups is 1. The predicted octanol–water partition coefficient (Wildman–Crippen LogP) is 4.40. The number of nitrogens with zero attached hydrogens (tertiary/aromatic N) is 2. The minimum Gasteiger partial charge on any atom is -0.337 e. The van der Waals surface area contributed by atoms with Crippen molar-refractivity contribution in [1.82, 2.24) is 20.4 Å². The second-order valence-corrected chi connectivity index (χ2v) is 9.30. The van der Waals surface area contributed by atoms with E-state index >= 15 is 0 Å².